The summed E-state index contributed by atoms with van der Waals surface area (Å²) in [6.07, 6.45) is 1.68. The molecule has 0 atom stereocenters. The zero-order valence-corrected chi connectivity index (χ0v) is 5.33. The first-order chi connectivity index (χ1) is 4.25. The Balaban J connectivity index is 3.04. The molecule has 0 amide bonds. The molecule has 0 saturated heterocycles. The van der Waals surface area contributed by atoms with Crippen LogP contribution in [0.5, 0.6) is 0 Å². The molecule has 9 heavy (non-hydrogen) atoms. The molecule has 4 nitrogen and oxygen atoms in total. The second kappa shape index (κ2) is 2.06. The molecule has 0 unspecified atom stereocenters. The van der Waals surface area contributed by atoms with Crippen molar-refractivity contribution in [2.75, 3.05) is 5.73 Å². The molecule has 0 aliphatic carbocycles. The summed E-state index contributed by atoms with van der Waals surface area (Å²) in [6, 6.07) is 0. The van der Waals surface area contributed by atoms with Gasteiger partial charge in [-0.2, -0.15) is 5.10 Å². The van der Waals surface area contributed by atoms with Crippen molar-refractivity contribution in [3.05, 3.63) is 11.8 Å². The van der Waals surface area contributed by atoms with Crippen LogP contribution in [0.4, 0.5) is 5.82 Å². The molecule has 0 aliphatic rings. The molecule has 50 valence electrons. The lowest BCUT2D eigenvalue weighted by molar-refractivity contribution is 0.778. The van der Waals surface area contributed by atoms with E-state index < -0.39 is 0 Å². The van der Waals surface area contributed by atoms with Crippen molar-refractivity contribution in [2.24, 2.45) is 12.8 Å². The summed E-state index contributed by atoms with van der Waals surface area (Å²) in [7, 11) is 1.79. The molecule has 0 bridgehead atoms. The first-order valence-electron chi connectivity index (χ1n) is 2.72. The largest absolute Gasteiger partial charge is 0.384 e. The van der Waals surface area contributed by atoms with Crippen LogP contribution in [0.25, 0.3) is 0 Å². The number of hydrogen-bond acceptors (Lipinski definition) is 3. The minimum absolute atomic E-state index is 0.458. The first-order valence-corrected chi connectivity index (χ1v) is 2.72. The number of nitrogens with two attached hydrogens (primary N) is 2. The highest BCUT2D eigenvalue weighted by atomic mass is 15.3. The predicted octanol–water partition coefficient (Wildman–Crippen LogP) is -0.539. The summed E-state index contributed by atoms with van der Waals surface area (Å²) in [5.74, 6) is 0.650. The minimum atomic E-state index is 0.458. The maximum absolute atomic E-state index is 5.53. The lowest BCUT2D eigenvalue weighted by atomic mass is 10.3. The van der Waals surface area contributed by atoms with Crippen molar-refractivity contribution >= 4 is 5.82 Å². The number of anilines is 1. The summed E-state index contributed by atoms with van der Waals surface area (Å²) < 4.78 is 1.60. The molecule has 4 N–H and O–H groups in total. The van der Waals surface area contributed by atoms with Gasteiger partial charge in [-0.1, -0.05) is 0 Å². The van der Waals surface area contributed by atoms with Crippen molar-refractivity contribution in [3.8, 4) is 0 Å². The van der Waals surface area contributed by atoms with Crippen LogP contribution in [-0.2, 0) is 13.6 Å². The highest BCUT2D eigenvalue weighted by Gasteiger charge is 1.99. The van der Waals surface area contributed by atoms with E-state index in [-0.39, 0.29) is 0 Å². The Hall–Kier alpha value is -1.03. The van der Waals surface area contributed by atoms with Gasteiger partial charge in [-0.3, -0.25) is 4.68 Å². The predicted molar refractivity (Wildman–Crippen MR) is 35.5 cm³/mol. The Morgan fingerprint density at radius 1 is 1.78 bits per heavy atom. The third-order valence-corrected chi connectivity index (χ3v) is 1.28. The monoisotopic (exact) mass is 126 g/mol. The van der Waals surface area contributed by atoms with Crippen LogP contribution >= 0.6 is 0 Å². The van der Waals surface area contributed by atoms with E-state index in [1.165, 1.54) is 0 Å². The summed E-state index contributed by atoms with van der Waals surface area (Å²) >= 11 is 0. The van der Waals surface area contributed by atoms with E-state index in [1.807, 2.05) is 0 Å². The maximum Gasteiger partial charge on any atom is 0.125 e. The summed E-state index contributed by atoms with van der Waals surface area (Å²) in [5.41, 5.74) is 11.8. The lowest BCUT2D eigenvalue weighted by Crippen LogP contribution is -2.02. The van der Waals surface area contributed by atoms with E-state index in [0.717, 1.165) is 5.56 Å². The van der Waals surface area contributed by atoms with Crippen LogP contribution in [0.1, 0.15) is 5.56 Å². The average molecular weight is 126 g/mol. The minimum Gasteiger partial charge on any atom is -0.384 e. The average Bonchev–Trinajstić information content (AvgIpc) is 2.15. The number of hydrogen-bond donors (Lipinski definition) is 2. The second-order valence-corrected chi connectivity index (χ2v) is 1.88. The van der Waals surface area contributed by atoms with Crippen molar-refractivity contribution < 1.29 is 0 Å². The van der Waals surface area contributed by atoms with Gasteiger partial charge in [-0.05, 0) is 0 Å². The van der Waals surface area contributed by atoms with Crippen LogP contribution in [0.2, 0.25) is 0 Å². The summed E-state index contributed by atoms with van der Waals surface area (Å²) in [6.45, 7) is 0.458. The topological polar surface area (TPSA) is 69.9 Å². The standard InChI is InChI=1S/C5H10N4/c1-9-5(7)4(2-6)3-8-9/h3H,2,6-7H2,1H3. The van der Waals surface area contributed by atoms with Gasteiger partial charge in [0.2, 0.25) is 0 Å². The van der Waals surface area contributed by atoms with Crippen molar-refractivity contribution in [1.82, 2.24) is 9.78 Å². The fourth-order valence-corrected chi connectivity index (χ4v) is 0.650. The summed E-state index contributed by atoms with van der Waals surface area (Å²) in [5, 5.41) is 3.90. The fourth-order valence-electron chi connectivity index (χ4n) is 0.650. The molecule has 0 aliphatic heterocycles. The van der Waals surface area contributed by atoms with Gasteiger partial charge in [0.15, 0.2) is 0 Å². The van der Waals surface area contributed by atoms with Gasteiger partial charge in [0.1, 0.15) is 5.82 Å². The zero-order valence-electron chi connectivity index (χ0n) is 5.33. The van der Waals surface area contributed by atoms with Crippen molar-refractivity contribution in [3.63, 3.8) is 0 Å². The Labute approximate surface area is 53.4 Å². The van der Waals surface area contributed by atoms with Gasteiger partial charge in [-0.25, -0.2) is 0 Å². The van der Waals surface area contributed by atoms with Crippen LogP contribution < -0.4 is 11.5 Å². The fraction of sp³-hybridized carbons (Fsp3) is 0.400. The van der Waals surface area contributed by atoms with Crippen molar-refractivity contribution in [1.29, 1.82) is 0 Å². The quantitative estimate of drug-likeness (QED) is 0.531. The molecule has 1 aromatic heterocycles. The second-order valence-electron chi connectivity index (χ2n) is 1.88. The molecule has 0 fully saturated rings. The smallest absolute Gasteiger partial charge is 0.125 e. The summed E-state index contributed by atoms with van der Waals surface area (Å²) in [4.78, 5) is 0. The normalized spacial score (nSPS) is 10.0. The Kier molecular flexibility index (Phi) is 1.40. The van der Waals surface area contributed by atoms with E-state index in [1.54, 1.807) is 17.9 Å². The highest BCUT2D eigenvalue weighted by molar-refractivity contribution is 5.37. The highest BCUT2D eigenvalue weighted by Crippen LogP contribution is 2.06. The maximum atomic E-state index is 5.53. The third-order valence-electron chi connectivity index (χ3n) is 1.28. The lowest BCUT2D eigenvalue weighted by Gasteiger charge is -1.93. The van der Waals surface area contributed by atoms with E-state index in [2.05, 4.69) is 5.10 Å². The first kappa shape index (κ1) is 6.10. The molecular weight excluding hydrogens is 116 g/mol. The van der Waals surface area contributed by atoms with Gasteiger partial charge in [0.25, 0.3) is 0 Å². The molecule has 1 aromatic rings. The van der Waals surface area contributed by atoms with Crippen LogP contribution in [0.3, 0.4) is 0 Å². The molecule has 4 heteroatoms. The van der Waals surface area contributed by atoms with Crippen LogP contribution in [0, 0.1) is 0 Å². The Morgan fingerprint density at radius 2 is 2.44 bits per heavy atom. The Bertz CT molecular complexity index is 203. The van der Waals surface area contributed by atoms with Gasteiger partial charge in [-0.15, -0.1) is 0 Å². The molecule has 0 spiro atoms. The number of aryl methyl sites for hydroxylation is 1. The van der Waals surface area contributed by atoms with Gasteiger partial charge < -0.3 is 11.5 Å². The molecule has 0 saturated carbocycles. The molecule has 1 rings (SSSR count). The van der Waals surface area contributed by atoms with Crippen LogP contribution in [0.15, 0.2) is 6.20 Å². The van der Waals surface area contributed by atoms with Gasteiger partial charge in [0, 0.05) is 19.2 Å². The number of nitrogen functional groups attached to an aromatic ring is 1. The number of nitrogens with zero attached hydrogens (tertiary/aromatic N) is 2. The molecule has 0 aromatic carbocycles. The number of rotatable bonds is 1. The number of aromatic nitrogens is 2. The van der Waals surface area contributed by atoms with E-state index in [4.69, 9.17) is 11.5 Å². The van der Waals surface area contributed by atoms with Crippen molar-refractivity contribution in [2.45, 2.75) is 6.54 Å². The SMILES string of the molecule is Cn1ncc(CN)c1N. The van der Waals surface area contributed by atoms with Gasteiger partial charge >= 0.3 is 0 Å². The van der Waals surface area contributed by atoms with E-state index in [9.17, 15) is 0 Å². The Morgan fingerprint density at radius 3 is 2.67 bits per heavy atom. The molecular formula is C5H10N4. The van der Waals surface area contributed by atoms with Crippen LogP contribution in [-0.4, -0.2) is 9.78 Å². The molecule has 0 radical (unpaired) electrons. The van der Waals surface area contributed by atoms with Gasteiger partial charge in [0.05, 0.1) is 6.20 Å². The zero-order chi connectivity index (χ0) is 6.85. The molecule has 1 heterocycles. The van der Waals surface area contributed by atoms with E-state index in [0.29, 0.717) is 12.4 Å². The van der Waals surface area contributed by atoms with E-state index >= 15 is 0 Å². The third kappa shape index (κ3) is 0.882.